The van der Waals surface area contributed by atoms with Crippen LogP contribution in [0.1, 0.15) is 12.5 Å². The van der Waals surface area contributed by atoms with Gasteiger partial charge in [0.15, 0.2) is 11.5 Å². The molecule has 0 atom stereocenters. The highest BCUT2D eigenvalue weighted by atomic mass is 35.5. The number of halogens is 1. The number of para-hydroxylation sites is 1. The third-order valence-electron chi connectivity index (χ3n) is 3.37. The number of hydrogen-bond donors (Lipinski definition) is 2. The molecule has 1 aromatic rings. The largest absolute Gasteiger partial charge is 0.490 e. The number of rotatable bonds is 9. The number of fused-ring (bicyclic) bond motifs is 1. The predicted molar refractivity (Wildman–Crippen MR) is 96.1 cm³/mol. The van der Waals surface area contributed by atoms with Gasteiger partial charge in [0.05, 0.1) is 18.8 Å². The Balaban J connectivity index is 0.00000288. The van der Waals surface area contributed by atoms with Crippen molar-refractivity contribution in [2.24, 2.45) is 0 Å². The Bertz CT molecular complexity index is 564. The highest BCUT2D eigenvalue weighted by Crippen LogP contribution is 2.35. The molecule has 1 heterocycles. The smallest absolute Gasteiger partial charge is 0.250 e. The van der Waals surface area contributed by atoms with Gasteiger partial charge in [-0.15, -0.1) is 12.4 Å². The molecule has 2 N–H and O–H groups in total. The average molecular weight is 357 g/mol. The van der Waals surface area contributed by atoms with E-state index in [1.165, 1.54) is 0 Å². The molecular weight excluding hydrogens is 332 g/mol. The van der Waals surface area contributed by atoms with Crippen LogP contribution in [-0.2, 0) is 9.53 Å². The third kappa shape index (κ3) is 5.70. The summed E-state index contributed by atoms with van der Waals surface area (Å²) in [5.41, 5.74) is 1.48. The molecule has 0 saturated heterocycles. The zero-order valence-corrected chi connectivity index (χ0v) is 14.9. The van der Waals surface area contributed by atoms with Crippen molar-refractivity contribution in [3.05, 3.63) is 29.3 Å². The van der Waals surface area contributed by atoms with Gasteiger partial charge >= 0.3 is 0 Å². The second-order valence-corrected chi connectivity index (χ2v) is 5.06. The molecule has 24 heavy (non-hydrogen) atoms. The van der Waals surface area contributed by atoms with Crippen LogP contribution in [0.25, 0.3) is 6.08 Å². The standard InChI is InChI=1S/C17H24N2O4.ClH/c1-3-22-15-6-4-5-13-11-14(12-23-16(13)15)17(20)19-8-7-18-9-10-21-2;/h4-6,11,18H,3,7-10,12H2,1-2H3,(H,19,20);1H. The van der Waals surface area contributed by atoms with E-state index >= 15 is 0 Å². The molecule has 7 heteroatoms. The maximum absolute atomic E-state index is 12.2. The average Bonchev–Trinajstić information content (AvgIpc) is 2.58. The van der Waals surface area contributed by atoms with Crippen LogP contribution in [0, 0.1) is 0 Å². The quantitative estimate of drug-likeness (QED) is 0.658. The van der Waals surface area contributed by atoms with Gasteiger partial charge in [0.1, 0.15) is 6.61 Å². The first-order chi connectivity index (χ1) is 11.3. The lowest BCUT2D eigenvalue weighted by Gasteiger charge is -2.20. The van der Waals surface area contributed by atoms with Crippen LogP contribution in [0.3, 0.4) is 0 Å². The van der Waals surface area contributed by atoms with Crippen molar-refractivity contribution in [2.75, 3.05) is 46.6 Å². The monoisotopic (exact) mass is 356 g/mol. The molecule has 134 valence electrons. The Labute approximate surface area is 149 Å². The molecule has 0 aliphatic carbocycles. The van der Waals surface area contributed by atoms with Crippen molar-refractivity contribution in [1.82, 2.24) is 10.6 Å². The summed E-state index contributed by atoms with van der Waals surface area (Å²) in [6.45, 7) is 5.45. The van der Waals surface area contributed by atoms with Crippen molar-refractivity contribution < 1.29 is 19.0 Å². The van der Waals surface area contributed by atoms with E-state index in [9.17, 15) is 4.79 Å². The highest BCUT2D eigenvalue weighted by Gasteiger charge is 2.19. The molecule has 0 saturated carbocycles. The molecule has 0 fully saturated rings. The number of methoxy groups -OCH3 is 1. The van der Waals surface area contributed by atoms with E-state index in [1.807, 2.05) is 31.2 Å². The Kier molecular flexibility index (Phi) is 9.22. The van der Waals surface area contributed by atoms with Crippen molar-refractivity contribution in [3.63, 3.8) is 0 Å². The van der Waals surface area contributed by atoms with Crippen LogP contribution in [0.4, 0.5) is 0 Å². The molecule has 0 spiro atoms. The number of carbonyl (C=O) groups excluding carboxylic acids is 1. The Morgan fingerprint density at radius 3 is 2.88 bits per heavy atom. The van der Waals surface area contributed by atoms with Crippen molar-refractivity contribution >= 4 is 24.4 Å². The lowest BCUT2D eigenvalue weighted by Crippen LogP contribution is -2.35. The summed E-state index contributed by atoms with van der Waals surface area (Å²) in [7, 11) is 1.66. The summed E-state index contributed by atoms with van der Waals surface area (Å²) < 4.78 is 16.2. The molecule has 6 nitrogen and oxygen atoms in total. The van der Waals surface area contributed by atoms with Gasteiger partial charge in [-0.05, 0) is 19.1 Å². The summed E-state index contributed by atoms with van der Waals surface area (Å²) in [5, 5.41) is 6.05. The van der Waals surface area contributed by atoms with Crippen LogP contribution in [-0.4, -0.2) is 52.5 Å². The molecule has 1 amide bonds. The van der Waals surface area contributed by atoms with Crippen molar-refractivity contribution in [3.8, 4) is 11.5 Å². The highest BCUT2D eigenvalue weighted by molar-refractivity contribution is 5.99. The van der Waals surface area contributed by atoms with Crippen molar-refractivity contribution in [2.45, 2.75) is 6.92 Å². The first kappa shape index (κ1) is 20.3. The fourth-order valence-corrected chi connectivity index (χ4v) is 2.26. The van der Waals surface area contributed by atoms with Gasteiger partial charge in [0, 0.05) is 32.3 Å². The fourth-order valence-electron chi connectivity index (χ4n) is 2.26. The minimum absolute atomic E-state index is 0. The molecule has 0 unspecified atom stereocenters. The molecule has 0 aromatic heterocycles. The summed E-state index contributed by atoms with van der Waals surface area (Å²) in [6, 6.07) is 5.67. The molecule has 1 aromatic carbocycles. The van der Waals surface area contributed by atoms with Crippen LogP contribution >= 0.6 is 12.4 Å². The van der Waals surface area contributed by atoms with Gasteiger partial charge in [0.2, 0.25) is 0 Å². The van der Waals surface area contributed by atoms with E-state index in [0.29, 0.717) is 43.4 Å². The van der Waals surface area contributed by atoms with E-state index < -0.39 is 0 Å². The first-order valence-electron chi connectivity index (χ1n) is 7.83. The SMILES string of the molecule is CCOc1cccc2c1OCC(C(=O)NCCNCCOC)=C2.Cl. The predicted octanol–water partition coefficient (Wildman–Crippen LogP) is 1.64. The Morgan fingerprint density at radius 1 is 1.29 bits per heavy atom. The molecular formula is C17H25ClN2O4. The van der Waals surface area contributed by atoms with Gasteiger partial charge in [-0.1, -0.05) is 12.1 Å². The van der Waals surface area contributed by atoms with Crippen LogP contribution in [0.5, 0.6) is 11.5 Å². The van der Waals surface area contributed by atoms with Gasteiger partial charge < -0.3 is 24.8 Å². The normalized spacial score (nSPS) is 12.3. The minimum atomic E-state index is -0.106. The van der Waals surface area contributed by atoms with Crippen molar-refractivity contribution in [1.29, 1.82) is 0 Å². The summed E-state index contributed by atoms with van der Waals surface area (Å²) in [5.74, 6) is 1.31. The molecule has 2 rings (SSSR count). The first-order valence-corrected chi connectivity index (χ1v) is 7.83. The number of nitrogens with one attached hydrogen (secondary N) is 2. The Hall–Kier alpha value is -1.76. The lowest BCUT2D eigenvalue weighted by atomic mass is 10.1. The van der Waals surface area contributed by atoms with Gasteiger partial charge in [-0.25, -0.2) is 0 Å². The topological polar surface area (TPSA) is 68.8 Å². The molecule has 0 bridgehead atoms. The van der Waals surface area contributed by atoms with Gasteiger partial charge in [-0.2, -0.15) is 0 Å². The minimum Gasteiger partial charge on any atom is -0.490 e. The van der Waals surface area contributed by atoms with E-state index in [0.717, 1.165) is 12.1 Å². The zero-order chi connectivity index (χ0) is 16.5. The number of amides is 1. The summed E-state index contributed by atoms with van der Waals surface area (Å²) in [4.78, 5) is 12.2. The summed E-state index contributed by atoms with van der Waals surface area (Å²) >= 11 is 0. The second-order valence-electron chi connectivity index (χ2n) is 5.06. The molecule has 1 aliphatic rings. The van der Waals surface area contributed by atoms with E-state index in [4.69, 9.17) is 14.2 Å². The molecule has 0 radical (unpaired) electrons. The van der Waals surface area contributed by atoms with E-state index in [-0.39, 0.29) is 24.9 Å². The second kappa shape index (κ2) is 10.9. The third-order valence-corrected chi connectivity index (χ3v) is 3.37. The van der Waals surface area contributed by atoms with E-state index in [1.54, 1.807) is 7.11 Å². The fraction of sp³-hybridized carbons (Fsp3) is 0.471. The zero-order valence-electron chi connectivity index (χ0n) is 14.1. The number of hydrogen-bond acceptors (Lipinski definition) is 5. The molecule has 1 aliphatic heterocycles. The summed E-state index contributed by atoms with van der Waals surface area (Å²) in [6.07, 6.45) is 1.86. The lowest BCUT2D eigenvalue weighted by molar-refractivity contribution is -0.117. The van der Waals surface area contributed by atoms with Crippen LogP contribution in [0.2, 0.25) is 0 Å². The Morgan fingerprint density at radius 2 is 2.12 bits per heavy atom. The number of ether oxygens (including phenoxy) is 3. The number of carbonyl (C=O) groups is 1. The maximum Gasteiger partial charge on any atom is 0.250 e. The van der Waals surface area contributed by atoms with Crippen LogP contribution in [0.15, 0.2) is 23.8 Å². The van der Waals surface area contributed by atoms with Gasteiger partial charge in [-0.3, -0.25) is 4.79 Å². The van der Waals surface area contributed by atoms with Gasteiger partial charge in [0.25, 0.3) is 5.91 Å². The maximum atomic E-state index is 12.2. The van der Waals surface area contributed by atoms with Crippen LogP contribution < -0.4 is 20.1 Å². The van der Waals surface area contributed by atoms with E-state index in [2.05, 4.69) is 10.6 Å². The number of benzene rings is 1.